The lowest BCUT2D eigenvalue weighted by atomic mass is 10.1. The SMILES string of the molecule is CCCCCCCCCCCCCC[n+]1cccc(C)c1.O=S(=O)([N-]S(=O)(=O)C(F)(F)F)C(F)(F)F. The number of hydrogen-bond acceptors (Lipinski definition) is 4. The van der Waals surface area contributed by atoms with Crippen LogP contribution in [0.15, 0.2) is 24.5 Å². The Labute approximate surface area is 210 Å². The predicted octanol–water partition coefficient (Wildman–Crippen LogP) is 7.04. The van der Waals surface area contributed by atoms with Gasteiger partial charge in [0.25, 0.3) is 0 Å². The summed E-state index contributed by atoms with van der Waals surface area (Å²) in [4.78, 5) is 0. The van der Waals surface area contributed by atoms with Gasteiger partial charge < -0.3 is 4.13 Å². The number of halogens is 6. The van der Waals surface area contributed by atoms with E-state index in [4.69, 9.17) is 0 Å². The summed E-state index contributed by atoms with van der Waals surface area (Å²) in [6.45, 7) is 5.63. The van der Waals surface area contributed by atoms with Crippen LogP contribution in [0.1, 0.15) is 89.5 Å². The number of hydrogen-bond donors (Lipinski definition) is 0. The first kappa shape index (κ1) is 34.6. The fourth-order valence-electron chi connectivity index (χ4n) is 3.14. The Morgan fingerprint density at radius 3 is 1.47 bits per heavy atom. The summed E-state index contributed by atoms with van der Waals surface area (Å²) in [7, 11) is -13.4. The molecule has 1 aromatic rings. The van der Waals surface area contributed by atoms with Crippen LogP contribution in [-0.2, 0) is 26.6 Å². The van der Waals surface area contributed by atoms with Crippen LogP contribution < -0.4 is 4.57 Å². The molecule has 0 aliphatic rings. The zero-order valence-electron chi connectivity index (χ0n) is 20.6. The van der Waals surface area contributed by atoms with Crippen LogP contribution in [-0.4, -0.2) is 27.9 Å². The van der Waals surface area contributed by atoms with Gasteiger partial charge >= 0.3 is 11.0 Å². The minimum atomic E-state index is -6.72. The van der Waals surface area contributed by atoms with Crippen molar-refractivity contribution in [1.82, 2.24) is 0 Å². The van der Waals surface area contributed by atoms with Crippen LogP contribution in [0, 0.1) is 6.92 Å². The van der Waals surface area contributed by atoms with Crippen molar-refractivity contribution in [2.24, 2.45) is 0 Å². The molecular formula is C22H36F6N2O4S2. The molecule has 0 fully saturated rings. The number of nitrogens with zero attached hydrogens (tertiary/aromatic N) is 2. The van der Waals surface area contributed by atoms with E-state index in [2.05, 4.69) is 42.9 Å². The molecule has 14 heteroatoms. The molecule has 0 aromatic carbocycles. The third-order valence-electron chi connectivity index (χ3n) is 5.06. The smallest absolute Gasteiger partial charge is 0.421 e. The van der Waals surface area contributed by atoms with E-state index < -0.39 is 31.1 Å². The number of alkyl halides is 6. The Bertz CT molecular complexity index is 908. The monoisotopic (exact) mass is 570 g/mol. The zero-order chi connectivity index (χ0) is 27.9. The molecule has 0 N–H and O–H groups in total. The fraction of sp³-hybridized carbons (Fsp3) is 0.773. The molecule has 0 unspecified atom stereocenters. The van der Waals surface area contributed by atoms with Gasteiger partial charge in [-0.05, 0) is 19.4 Å². The van der Waals surface area contributed by atoms with Crippen molar-refractivity contribution in [1.29, 1.82) is 0 Å². The Morgan fingerprint density at radius 1 is 0.722 bits per heavy atom. The third-order valence-corrected chi connectivity index (χ3v) is 7.80. The summed E-state index contributed by atoms with van der Waals surface area (Å²) in [5.41, 5.74) is -11.0. The van der Waals surface area contributed by atoms with E-state index >= 15 is 0 Å². The highest BCUT2D eigenvalue weighted by Crippen LogP contribution is 2.36. The second-order valence-corrected chi connectivity index (χ2v) is 11.8. The lowest BCUT2D eigenvalue weighted by molar-refractivity contribution is -0.697. The molecule has 0 saturated carbocycles. The van der Waals surface area contributed by atoms with Gasteiger partial charge in [0, 0.05) is 18.1 Å². The largest absolute Gasteiger partial charge is 0.480 e. The van der Waals surface area contributed by atoms with Gasteiger partial charge in [-0.25, -0.2) is 21.4 Å². The third kappa shape index (κ3) is 15.0. The van der Waals surface area contributed by atoms with E-state index in [1.54, 1.807) is 0 Å². The summed E-state index contributed by atoms with van der Waals surface area (Å²) in [5, 5.41) is 0. The van der Waals surface area contributed by atoms with Gasteiger partial charge in [0.15, 0.2) is 32.4 Å². The van der Waals surface area contributed by atoms with E-state index in [1.807, 2.05) is 0 Å². The normalized spacial score (nSPS) is 12.8. The summed E-state index contributed by atoms with van der Waals surface area (Å²) in [5.74, 6) is 0. The van der Waals surface area contributed by atoms with Crippen LogP contribution in [0.5, 0.6) is 0 Å². The number of rotatable bonds is 15. The van der Waals surface area contributed by atoms with Gasteiger partial charge in [0.1, 0.15) is 6.54 Å². The lowest BCUT2D eigenvalue weighted by Crippen LogP contribution is -2.32. The van der Waals surface area contributed by atoms with Crippen molar-refractivity contribution >= 4 is 20.0 Å². The molecule has 1 heterocycles. The molecule has 0 atom stereocenters. The van der Waals surface area contributed by atoms with Gasteiger partial charge in [-0.1, -0.05) is 71.1 Å². The van der Waals surface area contributed by atoms with Gasteiger partial charge in [0.05, 0.1) is 0 Å². The summed E-state index contributed by atoms with van der Waals surface area (Å²) in [6.07, 6.45) is 21.5. The molecule has 0 radical (unpaired) electrons. The maximum Gasteiger partial charge on any atom is 0.480 e. The van der Waals surface area contributed by atoms with E-state index in [1.165, 1.54) is 89.2 Å². The highest BCUT2D eigenvalue weighted by molar-refractivity contribution is 8.13. The molecule has 0 saturated heterocycles. The number of unbranched alkanes of at least 4 members (excludes halogenated alkanes) is 11. The van der Waals surface area contributed by atoms with Crippen molar-refractivity contribution in [2.75, 3.05) is 0 Å². The summed E-state index contributed by atoms with van der Waals surface area (Å²) in [6, 6.07) is 4.31. The van der Waals surface area contributed by atoms with Gasteiger partial charge in [-0.2, -0.15) is 26.3 Å². The van der Waals surface area contributed by atoms with Crippen LogP contribution in [0.2, 0.25) is 0 Å². The molecule has 0 bridgehead atoms. The van der Waals surface area contributed by atoms with Crippen LogP contribution >= 0.6 is 0 Å². The van der Waals surface area contributed by atoms with Crippen molar-refractivity contribution in [3.63, 3.8) is 0 Å². The van der Waals surface area contributed by atoms with Gasteiger partial charge in [0.2, 0.25) is 0 Å². The first-order valence-electron chi connectivity index (χ1n) is 11.9. The summed E-state index contributed by atoms with van der Waals surface area (Å²) >= 11 is 0. The van der Waals surface area contributed by atoms with E-state index in [0.717, 1.165) is 4.13 Å². The standard InChI is InChI=1S/C20H36N.C2F6NO4S2/c1-3-4-5-6-7-8-9-10-11-12-13-14-17-21-18-15-16-20(2)19-21;3-1(4,5)14(10,11)9-15(12,13)2(6,7)8/h15-16,18-19H,3-14,17H2,1-2H3;/q+1;-1. The molecule has 0 aliphatic heterocycles. The first-order valence-corrected chi connectivity index (χ1v) is 14.7. The highest BCUT2D eigenvalue weighted by Gasteiger charge is 2.46. The fourth-order valence-corrected chi connectivity index (χ4v) is 4.85. The molecule has 212 valence electrons. The minimum absolute atomic E-state index is 0.778. The molecule has 1 rings (SSSR count). The van der Waals surface area contributed by atoms with Crippen molar-refractivity contribution in [3.05, 3.63) is 34.2 Å². The Morgan fingerprint density at radius 2 is 1.11 bits per heavy atom. The molecule has 36 heavy (non-hydrogen) atoms. The topological polar surface area (TPSA) is 86.3 Å². The summed E-state index contributed by atoms with van der Waals surface area (Å²) < 4.78 is 112. The predicted molar refractivity (Wildman–Crippen MR) is 126 cm³/mol. The van der Waals surface area contributed by atoms with Crippen molar-refractivity contribution in [3.8, 4) is 0 Å². The van der Waals surface area contributed by atoms with Gasteiger partial charge in [-0.15, -0.1) is 0 Å². The van der Waals surface area contributed by atoms with E-state index in [-0.39, 0.29) is 0 Å². The lowest BCUT2D eigenvalue weighted by Gasteiger charge is -2.22. The number of sulfonamides is 2. The first-order chi connectivity index (χ1) is 16.5. The average Bonchev–Trinajstić information content (AvgIpc) is 2.73. The number of aromatic nitrogens is 1. The molecule has 0 spiro atoms. The number of pyridine rings is 1. The Hall–Kier alpha value is -1.41. The maximum absolute atomic E-state index is 11.4. The van der Waals surface area contributed by atoms with Gasteiger partial charge in [-0.3, -0.25) is 0 Å². The zero-order valence-corrected chi connectivity index (χ0v) is 22.2. The van der Waals surface area contributed by atoms with Crippen molar-refractivity contribution in [2.45, 2.75) is 108 Å². The van der Waals surface area contributed by atoms with Crippen molar-refractivity contribution < 1.29 is 47.7 Å². The maximum atomic E-state index is 11.4. The second kappa shape index (κ2) is 16.4. The Balaban J connectivity index is 0.000000723. The highest BCUT2D eigenvalue weighted by atomic mass is 32.3. The molecule has 0 amide bonds. The quantitative estimate of drug-likeness (QED) is 0.129. The molecular weight excluding hydrogens is 534 g/mol. The molecule has 1 aromatic heterocycles. The molecule has 6 nitrogen and oxygen atoms in total. The van der Waals surface area contributed by atoms with E-state index in [9.17, 15) is 43.2 Å². The van der Waals surface area contributed by atoms with Crippen LogP contribution in [0.4, 0.5) is 26.3 Å². The Kier molecular flexibility index (Phi) is 15.8. The average molecular weight is 571 g/mol. The van der Waals surface area contributed by atoms with Crippen LogP contribution in [0.3, 0.4) is 0 Å². The number of aryl methyl sites for hydroxylation is 2. The van der Waals surface area contributed by atoms with Crippen LogP contribution in [0.25, 0.3) is 4.13 Å². The van der Waals surface area contributed by atoms with E-state index in [0.29, 0.717) is 0 Å². The minimum Gasteiger partial charge on any atom is -0.421 e. The molecule has 0 aliphatic carbocycles. The second-order valence-electron chi connectivity index (χ2n) is 8.42.